The zero-order valence-electron chi connectivity index (χ0n) is 11.5. The Morgan fingerprint density at radius 3 is 2.71 bits per heavy atom. The number of aldehydes is 1. The highest BCUT2D eigenvalue weighted by Crippen LogP contribution is 2.24. The maximum atomic E-state index is 11.3. The van der Waals surface area contributed by atoms with Crippen LogP contribution >= 0.6 is 0 Å². The van der Waals surface area contributed by atoms with Crippen molar-refractivity contribution in [1.82, 2.24) is 5.10 Å². The summed E-state index contributed by atoms with van der Waals surface area (Å²) < 4.78 is 7.55. The summed E-state index contributed by atoms with van der Waals surface area (Å²) in [6.45, 7) is 0.738. The van der Waals surface area contributed by atoms with E-state index in [1.807, 2.05) is 4.68 Å². The number of aromatic nitrogens is 2. The Labute approximate surface area is 121 Å². The van der Waals surface area contributed by atoms with Gasteiger partial charge in [-0.05, 0) is 30.2 Å². The number of nitrogens with one attached hydrogen (secondary N) is 1. The second-order valence-electron chi connectivity index (χ2n) is 5.06. The van der Waals surface area contributed by atoms with Crippen LogP contribution in [0.25, 0.3) is 11.3 Å². The molecule has 2 heterocycles. The number of H-pyrrole nitrogens is 1. The van der Waals surface area contributed by atoms with Gasteiger partial charge in [0.25, 0.3) is 6.23 Å². The second kappa shape index (κ2) is 5.97. The average molecular weight is 286 g/mol. The first-order chi connectivity index (χ1) is 10.3. The number of benzene rings is 1. The van der Waals surface area contributed by atoms with Crippen LogP contribution in [0.3, 0.4) is 0 Å². The predicted octanol–water partition coefficient (Wildman–Crippen LogP) is 2.88. The summed E-state index contributed by atoms with van der Waals surface area (Å²) in [5, 5.41) is 6.08. The Kier molecular flexibility index (Phi) is 3.87. The highest BCUT2D eigenvalue weighted by molar-refractivity contribution is 5.84. The van der Waals surface area contributed by atoms with Gasteiger partial charge in [0.15, 0.2) is 6.29 Å². The van der Waals surface area contributed by atoms with Gasteiger partial charge in [0.05, 0.1) is 6.61 Å². The van der Waals surface area contributed by atoms with E-state index >= 15 is 0 Å². The van der Waals surface area contributed by atoms with Crippen LogP contribution < -0.4 is 4.68 Å². The smallest absolute Gasteiger partial charge is 0.285 e. The minimum absolute atomic E-state index is 0.0536. The Hall–Kier alpha value is -2.34. The van der Waals surface area contributed by atoms with Gasteiger partial charge in [0, 0.05) is 12.0 Å². The van der Waals surface area contributed by atoms with E-state index < -0.39 is 0 Å². The van der Waals surface area contributed by atoms with Crippen molar-refractivity contribution < 1.29 is 14.2 Å². The fraction of sp³-hybridized carbons (Fsp3) is 0.333. The van der Waals surface area contributed by atoms with E-state index in [-0.39, 0.29) is 6.23 Å². The lowest BCUT2D eigenvalue weighted by molar-refractivity contribution is -0.810. The maximum absolute atomic E-state index is 11.3. The van der Waals surface area contributed by atoms with E-state index in [4.69, 9.17) is 4.74 Å². The lowest BCUT2D eigenvalue weighted by Gasteiger charge is -2.15. The number of nitrogens with zero attached hydrogens (tertiary/aromatic N) is 2. The van der Waals surface area contributed by atoms with Gasteiger partial charge in [-0.2, -0.15) is 5.10 Å². The number of rotatable bonds is 4. The Bertz CT molecular complexity index is 643. The van der Waals surface area contributed by atoms with Crippen LogP contribution in [0.1, 0.15) is 35.8 Å². The largest absolute Gasteiger partial charge is 0.319 e. The van der Waals surface area contributed by atoms with Gasteiger partial charge in [-0.3, -0.25) is 4.79 Å². The number of ether oxygens (including phenoxy) is 1. The van der Waals surface area contributed by atoms with Crippen molar-refractivity contribution in [3.05, 3.63) is 40.9 Å². The molecule has 1 aromatic carbocycles. The number of carbonyl (C=O) groups is 1. The van der Waals surface area contributed by atoms with E-state index in [2.05, 4.69) is 10.3 Å². The highest BCUT2D eigenvalue weighted by Gasteiger charge is 2.26. The van der Waals surface area contributed by atoms with E-state index in [1.54, 1.807) is 30.5 Å². The van der Waals surface area contributed by atoms with E-state index in [1.165, 1.54) is 0 Å². The Morgan fingerprint density at radius 1 is 1.29 bits per heavy atom. The molecule has 0 aliphatic carbocycles. The van der Waals surface area contributed by atoms with Gasteiger partial charge in [-0.15, -0.1) is 4.91 Å². The molecule has 1 N–H and O–H groups in total. The molecular formula is C15H16N3O3+. The van der Waals surface area contributed by atoms with E-state index in [9.17, 15) is 9.70 Å². The first-order valence-corrected chi connectivity index (χ1v) is 6.96. The normalized spacial score (nSPS) is 18.4. The summed E-state index contributed by atoms with van der Waals surface area (Å²) in [6.07, 6.45) is 5.65. The molecule has 0 saturated carbocycles. The Morgan fingerprint density at radius 2 is 2.10 bits per heavy atom. The third kappa shape index (κ3) is 2.75. The first kappa shape index (κ1) is 13.6. The maximum Gasteiger partial charge on any atom is 0.285 e. The third-order valence-corrected chi connectivity index (χ3v) is 3.66. The molecular weight excluding hydrogens is 270 g/mol. The fourth-order valence-corrected chi connectivity index (χ4v) is 2.55. The number of aromatic amines is 1. The number of nitroso groups, excluding NO2 is 1. The summed E-state index contributed by atoms with van der Waals surface area (Å²) in [4.78, 5) is 21.7. The molecule has 1 aliphatic rings. The molecule has 1 atom stereocenters. The standard InChI is InChI=1S/C15H15N3O3/c19-10-12-9-18(14-3-1-2-8-21-14)16-15(12)11-4-6-13(17-20)7-5-11/h4-7,9-10,14H,1-3,8H2/p+1. The molecule has 0 spiro atoms. The van der Waals surface area contributed by atoms with E-state index in [0.717, 1.165) is 43.4 Å². The summed E-state index contributed by atoms with van der Waals surface area (Å²) >= 11 is 0. The van der Waals surface area contributed by atoms with Crippen LogP contribution in [0.5, 0.6) is 0 Å². The molecule has 2 aromatic rings. The predicted molar refractivity (Wildman–Crippen MR) is 76.1 cm³/mol. The first-order valence-electron chi connectivity index (χ1n) is 6.96. The highest BCUT2D eigenvalue weighted by atomic mass is 16.5. The van der Waals surface area contributed by atoms with Crippen molar-refractivity contribution in [3.63, 3.8) is 0 Å². The van der Waals surface area contributed by atoms with Crippen LogP contribution in [-0.2, 0) is 4.74 Å². The van der Waals surface area contributed by atoms with Gasteiger partial charge < -0.3 is 4.74 Å². The van der Waals surface area contributed by atoms with E-state index in [0.29, 0.717) is 11.3 Å². The summed E-state index contributed by atoms with van der Waals surface area (Å²) in [5.41, 5.74) is 2.48. The lowest BCUT2D eigenvalue weighted by atomic mass is 10.1. The lowest BCUT2D eigenvalue weighted by Crippen LogP contribution is -2.43. The molecule has 6 nitrogen and oxygen atoms in total. The molecule has 1 saturated heterocycles. The molecule has 0 bridgehead atoms. The van der Waals surface area contributed by atoms with Gasteiger partial charge in [0.2, 0.25) is 6.20 Å². The number of carbonyl (C=O) groups excluding carboxylic acids is 1. The summed E-state index contributed by atoms with van der Waals surface area (Å²) in [7, 11) is 0. The minimum Gasteiger partial charge on any atom is -0.319 e. The molecule has 1 unspecified atom stereocenters. The fourth-order valence-electron chi connectivity index (χ4n) is 2.55. The van der Waals surface area contributed by atoms with Gasteiger partial charge in [-0.1, -0.05) is 16.8 Å². The van der Waals surface area contributed by atoms with Crippen molar-refractivity contribution in [2.45, 2.75) is 25.5 Å². The molecule has 1 aromatic heterocycles. The van der Waals surface area contributed by atoms with Gasteiger partial charge in [-0.25, -0.2) is 0 Å². The van der Waals surface area contributed by atoms with Crippen LogP contribution in [-0.4, -0.2) is 18.0 Å². The molecule has 0 radical (unpaired) electrons. The van der Waals surface area contributed by atoms with Crippen molar-refractivity contribution >= 4 is 12.0 Å². The van der Waals surface area contributed by atoms with Crippen LogP contribution in [0.15, 0.2) is 35.6 Å². The van der Waals surface area contributed by atoms with Crippen molar-refractivity contribution in [2.75, 3.05) is 6.61 Å². The van der Waals surface area contributed by atoms with Crippen LogP contribution in [0, 0.1) is 4.91 Å². The molecule has 0 amide bonds. The molecule has 108 valence electrons. The van der Waals surface area contributed by atoms with Crippen LogP contribution in [0.4, 0.5) is 5.69 Å². The number of hydrogen-bond donors (Lipinski definition) is 1. The average Bonchev–Trinajstić information content (AvgIpc) is 3.00. The molecule has 6 heteroatoms. The number of hydrogen-bond acceptors (Lipinski definition) is 4. The SMILES string of the molecule is O=Cc1c[n+](C2CCCCO2)[nH]c1-c1ccc(N=O)cc1. The molecule has 1 aliphatic heterocycles. The summed E-state index contributed by atoms with van der Waals surface area (Å²) in [6, 6.07) is 6.78. The van der Waals surface area contributed by atoms with Crippen molar-refractivity contribution in [3.8, 4) is 11.3 Å². The molecule has 21 heavy (non-hydrogen) atoms. The van der Waals surface area contributed by atoms with Gasteiger partial charge >= 0.3 is 0 Å². The molecule has 1 fully saturated rings. The zero-order valence-corrected chi connectivity index (χ0v) is 11.5. The minimum atomic E-state index is -0.0536. The van der Waals surface area contributed by atoms with Gasteiger partial charge in [0.1, 0.15) is 16.9 Å². The topological polar surface area (TPSA) is 75.4 Å². The quantitative estimate of drug-likeness (QED) is 0.533. The molecule has 3 rings (SSSR count). The zero-order chi connectivity index (χ0) is 14.7. The summed E-state index contributed by atoms with van der Waals surface area (Å²) in [5.74, 6) is 0. The third-order valence-electron chi connectivity index (χ3n) is 3.66. The van der Waals surface area contributed by atoms with Crippen LogP contribution in [0.2, 0.25) is 0 Å². The second-order valence-corrected chi connectivity index (χ2v) is 5.06. The van der Waals surface area contributed by atoms with Crippen molar-refractivity contribution in [2.24, 2.45) is 5.18 Å². The monoisotopic (exact) mass is 286 g/mol. The Balaban J connectivity index is 1.94. The van der Waals surface area contributed by atoms with Crippen molar-refractivity contribution in [1.29, 1.82) is 0 Å².